The lowest BCUT2D eigenvalue weighted by atomic mass is 9.93. The van der Waals surface area contributed by atoms with Crippen LogP contribution in [0.5, 0.6) is 0 Å². The van der Waals surface area contributed by atoms with Crippen molar-refractivity contribution in [3.05, 3.63) is 64.4 Å². The number of anilines is 1. The van der Waals surface area contributed by atoms with Crippen LogP contribution < -0.4 is 5.32 Å². The average molecular weight is 370 g/mol. The highest BCUT2D eigenvalue weighted by Gasteiger charge is 2.21. The van der Waals surface area contributed by atoms with Gasteiger partial charge in [0.25, 0.3) is 0 Å². The lowest BCUT2D eigenvalue weighted by Gasteiger charge is -2.16. The number of nitrogens with zero attached hydrogens (tertiary/aromatic N) is 4. The van der Waals surface area contributed by atoms with Gasteiger partial charge < -0.3 is 5.32 Å². The molecule has 0 fully saturated rings. The van der Waals surface area contributed by atoms with Crippen molar-refractivity contribution < 1.29 is 0 Å². The van der Waals surface area contributed by atoms with Gasteiger partial charge in [-0.2, -0.15) is 0 Å². The molecule has 0 radical (unpaired) electrons. The van der Waals surface area contributed by atoms with Crippen LogP contribution in [0.25, 0.3) is 4.96 Å². The molecule has 0 amide bonds. The second kappa shape index (κ2) is 6.24. The summed E-state index contributed by atoms with van der Waals surface area (Å²) in [6.07, 6.45) is 3.85. The van der Waals surface area contributed by atoms with Gasteiger partial charge in [0.05, 0.1) is 11.9 Å². The quantitative estimate of drug-likeness (QED) is 0.564. The first-order valence-electron chi connectivity index (χ1n) is 8.08. The highest BCUT2D eigenvalue weighted by atomic mass is 32.1. The number of nitrogens with one attached hydrogen (secondary N) is 1. The third kappa shape index (κ3) is 3.29. The molecule has 4 rings (SSSR count). The first kappa shape index (κ1) is 16.2. The molecule has 0 bridgehead atoms. The predicted molar refractivity (Wildman–Crippen MR) is 104 cm³/mol. The molecular formula is C18H19N5S2. The molecule has 4 aromatic rings. The fraction of sp³-hybridized carbons (Fsp3) is 0.278. The van der Waals surface area contributed by atoms with E-state index in [0.29, 0.717) is 0 Å². The van der Waals surface area contributed by atoms with E-state index in [1.165, 1.54) is 5.56 Å². The average Bonchev–Trinajstić information content (AvgIpc) is 3.28. The Morgan fingerprint density at radius 3 is 2.60 bits per heavy atom. The second-order valence-electron chi connectivity index (χ2n) is 6.87. The van der Waals surface area contributed by atoms with Crippen LogP contribution in [0.1, 0.15) is 43.1 Å². The standard InChI is InChI=1S/C18H19N5S2/c1-18(2,3)13-11-23-17(20-13)25-16(22-23)21-14(15-19-9-10-24-15)12-7-5-4-6-8-12/h4-11,14H,1-3H3,(H,21,22). The SMILES string of the molecule is CC(C)(C)c1cn2nc(NC(c3ccccc3)c3nccs3)sc2n1. The van der Waals surface area contributed by atoms with E-state index in [1.807, 2.05) is 40.5 Å². The van der Waals surface area contributed by atoms with E-state index in [9.17, 15) is 0 Å². The number of rotatable bonds is 4. The van der Waals surface area contributed by atoms with Gasteiger partial charge in [-0.05, 0) is 5.56 Å². The minimum absolute atomic E-state index is 0.0147. The van der Waals surface area contributed by atoms with E-state index in [-0.39, 0.29) is 11.5 Å². The van der Waals surface area contributed by atoms with E-state index in [1.54, 1.807) is 22.7 Å². The summed E-state index contributed by atoms with van der Waals surface area (Å²) in [5.41, 5.74) is 2.24. The molecule has 128 valence electrons. The highest BCUT2D eigenvalue weighted by molar-refractivity contribution is 7.20. The summed E-state index contributed by atoms with van der Waals surface area (Å²) in [5.74, 6) is 0. The van der Waals surface area contributed by atoms with Crippen molar-refractivity contribution in [2.75, 3.05) is 5.32 Å². The van der Waals surface area contributed by atoms with Gasteiger partial charge in [-0.25, -0.2) is 14.5 Å². The van der Waals surface area contributed by atoms with E-state index < -0.39 is 0 Å². The molecule has 0 aliphatic carbocycles. The van der Waals surface area contributed by atoms with Crippen LogP contribution in [-0.2, 0) is 5.41 Å². The number of benzene rings is 1. The lowest BCUT2D eigenvalue weighted by Crippen LogP contribution is -2.12. The number of hydrogen-bond donors (Lipinski definition) is 1. The molecule has 1 N–H and O–H groups in total. The van der Waals surface area contributed by atoms with Gasteiger partial charge in [-0.1, -0.05) is 62.4 Å². The van der Waals surface area contributed by atoms with Crippen LogP contribution in [0, 0.1) is 0 Å². The topological polar surface area (TPSA) is 55.1 Å². The minimum atomic E-state index is -0.0147. The van der Waals surface area contributed by atoms with E-state index in [2.05, 4.69) is 48.3 Å². The van der Waals surface area contributed by atoms with Crippen molar-refractivity contribution in [1.29, 1.82) is 0 Å². The number of thiazole rings is 1. The molecule has 0 aliphatic rings. The third-order valence-electron chi connectivity index (χ3n) is 3.91. The fourth-order valence-corrected chi connectivity index (χ4v) is 4.08. The summed E-state index contributed by atoms with van der Waals surface area (Å²) in [6, 6.07) is 10.3. The number of aromatic nitrogens is 4. The Balaban J connectivity index is 1.66. The summed E-state index contributed by atoms with van der Waals surface area (Å²) in [7, 11) is 0. The van der Waals surface area contributed by atoms with Crippen LogP contribution in [0.4, 0.5) is 5.13 Å². The molecular weight excluding hydrogens is 350 g/mol. The van der Waals surface area contributed by atoms with Crippen molar-refractivity contribution in [1.82, 2.24) is 19.6 Å². The zero-order valence-corrected chi connectivity index (χ0v) is 15.9. The first-order valence-corrected chi connectivity index (χ1v) is 9.78. The van der Waals surface area contributed by atoms with Crippen molar-refractivity contribution in [3.63, 3.8) is 0 Å². The molecule has 1 aromatic carbocycles. The number of hydrogen-bond acceptors (Lipinski definition) is 6. The first-order chi connectivity index (χ1) is 12.0. The van der Waals surface area contributed by atoms with Gasteiger partial charge in [-0.3, -0.25) is 0 Å². The van der Waals surface area contributed by atoms with E-state index in [4.69, 9.17) is 4.98 Å². The largest absolute Gasteiger partial charge is 0.347 e. The summed E-state index contributed by atoms with van der Waals surface area (Å²) in [4.78, 5) is 10.1. The van der Waals surface area contributed by atoms with Crippen molar-refractivity contribution in [3.8, 4) is 0 Å². The Bertz CT molecular complexity index is 933. The molecule has 3 heterocycles. The number of imidazole rings is 1. The Morgan fingerprint density at radius 1 is 1.16 bits per heavy atom. The van der Waals surface area contributed by atoms with Crippen molar-refractivity contribution in [2.24, 2.45) is 0 Å². The van der Waals surface area contributed by atoms with E-state index >= 15 is 0 Å². The molecule has 7 heteroatoms. The van der Waals surface area contributed by atoms with Gasteiger partial charge in [-0.15, -0.1) is 16.4 Å². The maximum Gasteiger partial charge on any atom is 0.214 e. The molecule has 3 aromatic heterocycles. The summed E-state index contributed by atoms with van der Waals surface area (Å²) in [6.45, 7) is 6.48. The molecule has 5 nitrogen and oxygen atoms in total. The molecule has 0 aliphatic heterocycles. The summed E-state index contributed by atoms with van der Waals surface area (Å²) >= 11 is 3.20. The van der Waals surface area contributed by atoms with Gasteiger partial charge in [0.15, 0.2) is 0 Å². The predicted octanol–water partition coefficient (Wildman–Crippen LogP) is 4.75. The minimum Gasteiger partial charge on any atom is -0.347 e. The van der Waals surface area contributed by atoms with Gasteiger partial charge in [0.2, 0.25) is 10.1 Å². The fourth-order valence-electron chi connectivity index (χ4n) is 2.55. The van der Waals surface area contributed by atoms with E-state index in [0.717, 1.165) is 20.8 Å². The van der Waals surface area contributed by atoms with Gasteiger partial charge >= 0.3 is 0 Å². The Hall–Kier alpha value is -2.25. The molecule has 25 heavy (non-hydrogen) atoms. The maximum atomic E-state index is 4.71. The molecule has 0 spiro atoms. The Kier molecular flexibility index (Phi) is 4.05. The Labute approximate surface area is 154 Å². The van der Waals surface area contributed by atoms with Crippen LogP contribution in [0.15, 0.2) is 48.1 Å². The number of fused-ring (bicyclic) bond motifs is 1. The van der Waals surface area contributed by atoms with Gasteiger partial charge in [0.1, 0.15) is 11.0 Å². The maximum absolute atomic E-state index is 4.71. The molecule has 1 atom stereocenters. The smallest absolute Gasteiger partial charge is 0.214 e. The zero-order chi connectivity index (χ0) is 17.4. The van der Waals surface area contributed by atoms with Crippen molar-refractivity contribution >= 4 is 32.8 Å². The molecule has 1 unspecified atom stereocenters. The normalized spacial score (nSPS) is 13.2. The summed E-state index contributed by atoms with van der Waals surface area (Å²) in [5, 5.41) is 12.0. The van der Waals surface area contributed by atoms with Crippen LogP contribution in [-0.4, -0.2) is 19.6 Å². The summed E-state index contributed by atoms with van der Waals surface area (Å²) < 4.78 is 1.86. The second-order valence-corrected chi connectivity index (χ2v) is 8.75. The van der Waals surface area contributed by atoms with Crippen LogP contribution >= 0.6 is 22.7 Å². The lowest BCUT2D eigenvalue weighted by molar-refractivity contribution is 0.572. The Morgan fingerprint density at radius 2 is 1.96 bits per heavy atom. The zero-order valence-electron chi connectivity index (χ0n) is 14.3. The van der Waals surface area contributed by atoms with Crippen LogP contribution in [0.3, 0.4) is 0 Å². The monoisotopic (exact) mass is 369 g/mol. The highest BCUT2D eigenvalue weighted by Crippen LogP contribution is 2.31. The third-order valence-corrected chi connectivity index (χ3v) is 5.60. The van der Waals surface area contributed by atoms with Crippen LogP contribution in [0.2, 0.25) is 0 Å². The van der Waals surface area contributed by atoms with Gasteiger partial charge in [0, 0.05) is 17.0 Å². The molecule has 0 saturated carbocycles. The van der Waals surface area contributed by atoms with Crippen molar-refractivity contribution in [2.45, 2.75) is 32.2 Å². The molecule has 0 saturated heterocycles.